The Balaban J connectivity index is 0.000000246. The van der Waals surface area contributed by atoms with Crippen LogP contribution in [-0.4, -0.2) is 9.13 Å². The smallest absolute Gasteiger partial charge is 0.0494 e. The summed E-state index contributed by atoms with van der Waals surface area (Å²) in [6.45, 7) is 16.9. The Morgan fingerprint density at radius 2 is 0.643 bits per heavy atom. The van der Waals surface area contributed by atoms with E-state index in [4.69, 9.17) is 0 Å². The molecule has 7 rings (SSSR count). The molecule has 0 saturated carbocycles. The van der Waals surface area contributed by atoms with Gasteiger partial charge in [-0.15, -0.1) is 0 Å². The highest BCUT2D eigenvalue weighted by Gasteiger charge is 2.09. The van der Waals surface area contributed by atoms with Gasteiger partial charge in [0.15, 0.2) is 0 Å². The molecule has 0 aliphatic heterocycles. The van der Waals surface area contributed by atoms with Gasteiger partial charge in [0.2, 0.25) is 0 Å². The first-order valence-electron chi connectivity index (χ1n) is 15.7. The van der Waals surface area contributed by atoms with Gasteiger partial charge in [-0.05, 0) is 29.8 Å². The lowest BCUT2D eigenvalue weighted by molar-refractivity contribution is 0.869. The second-order valence-electron chi connectivity index (χ2n) is 8.70. The highest BCUT2D eigenvalue weighted by Crippen LogP contribution is 2.29. The first kappa shape index (κ1) is 33.9. The number of nitrogens with zero attached hydrogens (tertiary/aromatic N) is 2. The van der Waals surface area contributed by atoms with E-state index in [1.807, 2.05) is 55.4 Å². The number of aryl methyl sites for hydroxylation is 1. The summed E-state index contributed by atoms with van der Waals surface area (Å²) in [4.78, 5) is 0. The molecule has 2 aromatic heterocycles. The summed E-state index contributed by atoms with van der Waals surface area (Å²) in [5.74, 6) is 0. The predicted octanol–water partition coefficient (Wildman–Crippen LogP) is 12.3. The molecule has 0 aliphatic rings. The highest BCUT2D eigenvalue weighted by atomic mass is 15.0. The lowest BCUT2D eigenvalue weighted by atomic mass is 10.2. The van der Waals surface area contributed by atoms with Crippen LogP contribution in [0.1, 0.15) is 61.0 Å². The summed E-state index contributed by atoms with van der Waals surface area (Å²) in [5.41, 5.74) is 6.54. The topological polar surface area (TPSA) is 9.86 Å². The van der Waals surface area contributed by atoms with Crippen molar-refractivity contribution >= 4 is 43.6 Å². The van der Waals surface area contributed by atoms with E-state index in [1.165, 1.54) is 49.2 Å². The van der Waals surface area contributed by atoms with Gasteiger partial charge in [0.25, 0.3) is 0 Å². The van der Waals surface area contributed by atoms with Gasteiger partial charge in [-0.2, -0.15) is 0 Å². The Morgan fingerprint density at radius 3 is 1.02 bits per heavy atom. The molecule has 0 N–H and O–H groups in total. The maximum Gasteiger partial charge on any atom is 0.0494 e. The number of benzene rings is 5. The first-order chi connectivity index (χ1) is 20.8. The van der Waals surface area contributed by atoms with Crippen LogP contribution < -0.4 is 0 Å². The molecule has 7 aromatic rings. The van der Waals surface area contributed by atoms with Crippen LogP contribution in [0.5, 0.6) is 0 Å². The van der Waals surface area contributed by atoms with Crippen molar-refractivity contribution < 1.29 is 0 Å². The lowest BCUT2D eigenvalue weighted by Gasteiger charge is -2.07. The molecule has 0 amide bonds. The largest absolute Gasteiger partial charge is 0.344 e. The van der Waals surface area contributed by atoms with Crippen molar-refractivity contribution in [1.82, 2.24) is 9.13 Å². The third-order valence-electron chi connectivity index (χ3n) is 6.68. The molecule has 0 saturated heterocycles. The molecule has 2 heterocycles. The summed E-state index contributed by atoms with van der Waals surface area (Å²) in [6.07, 6.45) is 0. The van der Waals surface area contributed by atoms with Crippen LogP contribution in [0.4, 0.5) is 0 Å². The average Bonchev–Trinajstić information content (AvgIpc) is 3.57. The fourth-order valence-electron chi connectivity index (χ4n) is 5.06. The Kier molecular flexibility index (Phi) is 14.7. The fraction of sp³-hybridized carbons (Fsp3) is 0.250. The van der Waals surface area contributed by atoms with Crippen molar-refractivity contribution in [2.75, 3.05) is 0 Å². The van der Waals surface area contributed by atoms with Crippen LogP contribution >= 0.6 is 0 Å². The molecule has 5 aromatic carbocycles. The maximum absolute atomic E-state index is 2.40. The second-order valence-corrected chi connectivity index (χ2v) is 8.70. The summed E-state index contributed by atoms with van der Waals surface area (Å²) < 4.78 is 4.64. The summed E-state index contributed by atoms with van der Waals surface area (Å²) in [5, 5.41) is 5.34. The van der Waals surface area contributed by atoms with E-state index < -0.39 is 0 Å². The Labute approximate surface area is 254 Å². The van der Waals surface area contributed by atoms with Gasteiger partial charge in [-0.3, -0.25) is 0 Å². The predicted molar refractivity (Wildman–Crippen MR) is 191 cm³/mol. The van der Waals surface area contributed by atoms with Gasteiger partial charge in [0.05, 0.1) is 0 Å². The van der Waals surface area contributed by atoms with E-state index in [2.05, 4.69) is 144 Å². The van der Waals surface area contributed by atoms with Crippen LogP contribution in [0.3, 0.4) is 0 Å². The molecule has 220 valence electrons. The summed E-state index contributed by atoms with van der Waals surface area (Å²) >= 11 is 0. The summed E-state index contributed by atoms with van der Waals surface area (Å²) in [7, 11) is 2.12. The molecular formula is C40H50N2. The van der Waals surface area contributed by atoms with Crippen LogP contribution in [0, 0.1) is 0 Å². The molecule has 0 bridgehead atoms. The Hall–Kier alpha value is -4.30. The molecule has 2 heteroatoms. The third-order valence-corrected chi connectivity index (χ3v) is 6.68. The van der Waals surface area contributed by atoms with Gasteiger partial charge in [-0.1, -0.05) is 159 Å². The van der Waals surface area contributed by atoms with Crippen LogP contribution in [0.2, 0.25) is 0 Å². The third kappa shape index (κ3) is 7.50. The van der Waals surface area contributed by atoms with Crippen molar-refractivity contribution in [3.8, 4) is 0 Å². The van der Waals surface area contributed by atoms with Gasteiger partial charge in [-0.25, -0.2) is 0 Å². The van der Waals surface area contributed by atoms with Crippen molar-refractivity contribution in [1.29, 1.82) is 0 Å². The molecule has 0 spiro atoms. The van der Waals surface area contributed by atoms with Crippen molar-refractivity contribution in [3.63, 3.8) is 0 Å². The van der Waals surface area contributed by atoms with E-state index in [-0.39, 0.29) is 0 Å². The van der Waals surface area contributed by atoms with Crippen LogP contribution in [0.25, 0.3) is 43.6 Å². The van der Waals surface area contributed by atoms with Crippen LogP contribution in [0.15, 0.2) is 127 Å². The monoisotopic (exact) mass is 558 g/mol. The van der Waals surface area contributed by atoms with E-state index in [1.54, 1.807) is 0 Å². The molecule has 42 heavy (non-hydrogen) atoms. The van der Waals surface area contributed by atoms with Crippen molar-refractivity contribution in [3.05, 3.63) is 133 Å². The molecular weight excluding hydrogens is 508 g/mol. The SMILES string of the molecule is CC.CC.CC.CC.Cn1c2ccccc2c2ccccc21.c1ccc(Cn2c3ccccc3c3ccccc32)cc1. The second kappa shape index (κ2) is 18.2. The number of rotatable bonds is 2. The van der Waals surface area contributed by atoms with E-state index in [9.17, 15) is 0 Å². The number of hydrogen-bond donors (Lipinski definition) is 0. The van der Waals surface area contributed by atoms with Gasteiger partial charge >= 0.3 is 0 Å². The standard InChI is InChI=1S/C19H15N.C13H11N.4C2H6/c1-2-8-15(9-3-1)14-20-18-12-6-4-10-16(18)17-11-5-7-13-19(17)20;1-14-12-8-4-2-6-10(12)11-7-3-5-9-13(11)14;4*1-2/h1-13H,14H2;2-9H,1H3;4*1-2H3. The zero-order valence-electron chi connectivity index (χ0n) is 27.2. The number of hydrogen-bond acceptors (Lipinski definition) is 0. The first-order valence-corrected chi connectivity index (χ1v) is 15.7. The number of aromatic nitrogens is 2. The van der Waals surface area contributed by atoms with Crippen molar-refractivity contribution in [2.45, 2.75) is 61.9 Å². The average molecular weight is 559 g/mol. The molecule has 0 radical (unpaired) electrons. The van der Waals surface area contributed by atoms with Gasteiger partial charge in [0.1, 0.15) is 0 Å². The number of fused-ring (bicyclic) bond motifs is 6. The normalized spacial score (nSPS) is 9.64. The Bertz CT molecular complexity index is 1630. The lowest BCUT2D eigenvalue weighted by Crippen LogP contribution is -1.98. The number of para-hydroxylation sites is 4. The minimum atomic E-state index is 0.912. The zero-order valence-corrected chi connectivity index (χ0v) is 27.2. The summed E-state index contributed by atoms with van der Waals surface area (Å²) in [6, 6.07) is 44.9. The highest BCUT2D eigenvalue weighted by molar-refractivity contribution is 6.08. The molecule has 0 atom stereocenters. The minimum Gasteiger partial charge on any atom is -0.344 e. The fourth-order valence-corrected chi connectivity index (χ4v) is 5.06. The molecule has 0 fully saturated rings. The van der Waals surface area contributed by atoms with E-state index in [0.29, 0.717) is 0 Å². The molecule has 2 nitrogen and oxygen atoms in total. The Morgan fingerprint density at radius 1 is 0.357 bits per heavy atom. The van der Waals surface area contributed by atoms with Crippen molar-refractivity contribution in [2.24, 2.45) is 7.05 Å². The van der Waals surface area contributed by atoms with Crippen LogP contribution in [-0.2, 0) is 13.6 Å². The zero-order chi connectivity index (χ0) is 30.9. The van der Waals surface area contributed by atoms with E-state index in [0.717, 1.165) is 6.54 Å². The maximum atomic E-state index is 2.40. The minimum absolute atomic E-state index is 0.912. The molecule has 0 unspecified atom stereocenters. The van der Waals surface area contributed by atoms with E-state index >= 15 is 0 Å². The van der Waals surface area contributed by atoms with Gasteiger partial charge in [0, 0.05) is 57.2 Å². The molecule has 0 aliphatic carbocycles. The van der Waals surface area contributed by atoms with Gasteiger partial charge < -0.3 is 9.13 Å². The quantitative estimate of drug-likeness (QED) is 0.200.